The fourth-order valence-electron chi connectivity index (χ4n) is 2.54. The number of hydrogen-bond acceptors (Lipinski definition) is 5. The topological polar surface area (TPSA) is 69.6 Å². The molecule has 0 fully saturated rings. The third-order valence-corrected chi connectivity index (χ3v) is 4.26. The van der Waals surface area contributed by atoms with Crippen LogP contribution in [0.4, 0.5) is 8.78 Å². The Morgan fingerprint density at radius 3 is 2.33 bits per heavy atom. The minimum atomic E-state index is -2.79. The summed E-state index contributed by atoms with van der Waals surface area (Å²) in [6.45, 7) is 0.408. The number of rotatable bonds is 5. The highest BCUT2D eigenvalue weighted by Crippen LogP contribution is 2.26. The Morgan fingerprint density at radius 2 is 1.67 bits per heavy atom. The van der Waals surface area contributed by atoms with Crippen molar-refractivity contribution in [2.75, 3.05) is 0 Å². The quantitative estimate of drug-likeness (QED) is 0.499. The highest BCUT2D eigenvalue weighted by molar-refractivity contribution is 6.32. The van der Waals surface area contributed by atoms with Crippen LogP contribution in [0.2, 0.25) is 5.15 Å². The molecule has 0 spiro atoms. The van der Waals surface area contributed by atoms with Crippen LogP contribution in [0, 0.1) is 0 Å². The fourth-order valence-corrected chi connectivity index (χ4v) is 2.78. The lowest BCUT2D eigenvalue weighted by atomic mass is 10.1. The van der Waals surface area contributed by atoms with E-state index in [4.69, 9.17) is 16.0 Å². The maximum atomic E-state index is 12.5. The van der Waals surface area contributed by atoms with E-state index in [0.717, 1.165) is 11.1 Å². The van der Waals surface area contributed by atoms with Crippen LogP contribution in [-0.4, -0.2) is 25.2 Å². The van der Waals surface area contributed by atoms with E-state index in [1.54, 1.807) is 16.8 Å². The largest absolute Gasteiger partial charge is 0.415 e. The summed E-state index contributed by atoms with van der Waals surface area (Å²) in [5.74, 6) is -0.654. The Bertz CT molecular complexity index is 1050. The standard InChI is InChI=1S/C18H12ClF2N5O/c19-15-14(12-4-2-1-3-5-12)22-25-26(15)10-11-6-8-13(9-7-11)17-23-24-18(27-17)16(20)21/h1-9,16H,10H2. The molecule has 0 saturated heterocycles. The van der Waals surface area contributed by atoms with Crippen LogP contribution in [0.25, 0.3) is 22.7 Å². The van der Waals surface area contributed by atoms with Gasteiger partial charge in [-0.2, -0.15) is 8.78 Å². The smallest absolute Gasteiger partial charge is 0.314 e. The number of alkyl halides is 2. The zero-order chi connectivity index (χ0) is 18.8. The summed E-state index contributed by atoms with van der Waals surface area (Å²) in [6, 6.07) is 16.6. The molecule has 0 bridgehead atoms. The second-order valence-corrected chi connectivity index (χ2v) is 6.05. The SMILES string of the molecule is FC(F)c1nnc(-c2ccc(Cn3nnc(-c4ccccc4)c3Cl)cc2)o1. The van der Waals surface area contributed by atoms with E-state index in [9.17, 15) is 8.78 Å². The molecule has 27 heavy (non-hydrogen) atoms. The van der Waals surface area contributed by atoms with Crippen LogP contribution in [0.5, 0.6) is 0 Å². The molecule has 0 aliphatic heterocycles. The van der Waals surface area contributed by atoms with Crippen molar-refractivity contribution in [3.63, 3.8) is 0 Å². The molecule has 0 aliphatic carbocycles. The number of benzene rings is 2. The van der Waals surface area contributed by atoms with Gasteiger partial charge < -0.3 is 4.42 Å². The molecule has 136 valence electrons. The highest BCUT2D eigenvalue weighted by Gasteiger charge is 2.17. The number of nitrogens with zero attached hydrogens (tertiary/aromatic N) is 5. The molecule has 0 radical (unpaired) electrons. The van der Waals surface area contributed by atoms with Gasteiger partial charge in [-0.1, -0.05) is 59.3 Å². The molecule has 0 amide bonds. The lowest BCUT2D eigenvalue weighted by Crippen LogP contribution is -2.02. The van der Waals surface area contributed by atoms with Gasteiger partial charge in [-0.15, -0.1) is 15.3 Å². The van der Waals surface area contributed by atoms with Crippen molar-refractivity contribution < 1.29 is 13.2 Å². The van der Waals surface area contributed by atoms with Crippen LogP contribution >= 0.6 is 11.6 Å². The van der Waals surface area contributed by atoms with Crippen molar-refractivity contribution in [1.29, 1.82) is 0 Å². The Hall–Kier alpha value is -3.13. The third-order valence-electron chi connectivity index (χ3n) is 3.88. The number of halogens is 3. The lowest BCUT2D eigenvalue weighted by Gasteiger charge is -2.04. The highest BCUT2D eigenvalue weighted by atomic mass is 35.5. The van der Waals surface area contributed by atoms with E-state index in [-0.39, 0.29) is 5.89 Å². The van der Waals surface area contributed by atoms with E-state index in [1.807, 2.05) is 42.5 Å². The second-order valence-electron chi connectivity index (χ2n) is 5.70. The van der Waals surface area contributed by atoms with Crippen molar-refractivity contribution in [2.45, 2.75) is 13.0 Å². The van der Waals surface area contributed by atoms with Gasteiger partial charge in [-0.25, -0.2) is 4.68 Å². The van der Waals surface area contributed by atoms with Crippen LogP contribution < -0.4 is 0 Å². The summed E-state index contributed by atoms with van der Waals surface area (Å²) in [4.78, 5) is 0. The van der Waals surface area contributed by atoms with Crippen molar-refractivity contribution >= 4 is 11.6 Å². The summed E-state index contributed by atoms with van der Waals surface area (Å²) in [6.07, 6.45) is -2.79. The molecule has 2 aromatic heterocycles. The predicted molar refractivity (Wildman–Crippen MR) is 94.3 cm³/mol. The Kier molecular flexibility index (Phi) is 4.64. The van der Waals surface area contributed by atoms with Gasteiger partial charge in [0.15, 0.2) is 5.15 Å². The molecule has 6 nitrogen and oxygen atoms in total. The minimum Gasteiger partial charge on any atom is -0.415 e. The first kappa shape index (κ1) is 17.3. The Balaban J connectivity index is 1.53. The van der Waals surface area contributed by atoms with Gasteiger partial charge in [0.2, 0.25) is 5.89 Å². The zero-order valence-corrected chi connectivity index (χ0v) is 14.5. The van der Waals surface area contributed by atoms with Gasteiger partial charge in [0, 0.05) is 11.1 Å². The first-order valence-electron chi connectivity index (χ1n) is 7.97. The predicted octanol–water partition coefficient (Wildman–Crippen LogP) is 4.63. The lowest BCUT2D eigenvalue weighted by molar-refractivity contribution is 0.116. The summed E-state index contributed by atoms with van der Waals surface area (Å²) >= 11 is 6.40. The number of aromatic nitrogens is 5. The average Bonchev–Trinajstić information content (AvgIpc) is 3.31. The van der Waals surface area contributed by atoms with E-state index < -0.39 is 12.3 Å². The molecule has 0 saturated carbocycles. The van der Waals surface area contributed by atoms with Gasteiger partial charge in [0.1, 0.15) is 5.69 Å². The first-order valence-corrected chi connectivity index (χ1v) is 8.35. The molecule has 9 heteroatoms. The molecule has 4 rings (SSSR count). The van der Waals surface area contributed by atoms with Gasteiger partial charge in [-0.05, 0) is 17.7 Å². The zero-order valence-electron chi connectivity index (χ0n) is 13.8. The molecule has 2 aromatic carbocycles. The van der Waals surface area contributed by atoms with E-state index in [2.05, 4.69) is 20.5 Å². The molecule has 0 N–H and O–H groups in total. The monoisotopic (exact) mass is 387 g/mol. The Labute approximate surface area is 157 Å². The third kappa shape index (κ3) is 3.56. The summed E-state index contributed by atoms with van der Waals surface area (Å²) < 4.78 is 31.6. The summed E-state index contributed by atoms with van der Waals surface area (Å²) in [5, 5.41) is 15.6. The van der Waals surface area contributed by atoms with Crippen LogP contribution in [0.15, 0.2) is 59.0 Å². The van der Waals surface area contributed by atoms with Gasteiger partial charge >= 0.3 is 6.43 Å². The number of hydrogen-bond donors (Lipinski definition) is 0. The van der Waals surface area contributed by atoms with Gasteiger partial charge in [0.25, 0.3) is 5.89 Å². The molecular weight excluding hydrogens is 376 g/mol. The van der Waals surface area contributed by atoms with Gasteiger partial charge in [-0.3, -0.25) is 0 Å². The molecule has 4 aromatic rings. The van der Waals surface area contributed by atoms with E-state index in [1.165, 1.54) is 0 Å². The van der Waals surface area contributed by atoms with E-state index >= 15 is 0 Å². The maximum absolute atomic E-state index is 12.5. The summed E-state index contributed by atoms with van der Waals surface area (Å²) in [7, 11) is 0. The maximum Gasteiger partial charge on any atom is 0.314 e. The summed E-state index contributed by atoms with van der Waals surface area (Å²) in [5.41, 5.74) is 2.95. The van der Waals surface area contributed by atoms with Crippen LogP contribution in [0.3, 0.4) is 0 Å². The average molecular weight is 388 g/mol. The fraction of sp³-hybridized carbons (Fsp3) is 0.111. The van der Waals surface area contributed by atoms with Crippen LogP contribution in [0.1, 0.15) is 17.9 Å². The second kappa shape index (κ2) is 7.24. The molecular formula is C18H12ClF2N5O. The van der Waals surface area contributed by atoms with Crippen LogP contribution in [-0.2, 0) is 6.54 Å². The molecule has 2 heterocycles. The Morgan fingerprint density at radius 1 is 0.926 bits per heavy atom. The normalized spacial score (nSPS) is 11.3. The van der Waals surface area contributed by atoms with E-state index in [0.29, 0.717) is 23.0 Å². The van der Waals surface area contributed by atoms with Crippen molar-refractivity contribution in [3.05, 3.63) is 71.2 Å². The van der Waals surface area contributed by atoms with Gasteiger partial charge in [0.05, 0.1) is 6.54 Å². The first-order chi connectivity index (χ1) is 13.1. The molecule has 0 atom stereocenters. The van der Waals surface area contributed by atoms with Crippen molar-refractivity contribution in [2.24, 2.45) is 0 Å². The minimum absolute atomic E-state index is 0.0435. The molecule has 0 aliphatic rings. The molecule has 0 unspecified atom stereocenters. The van der Waals surface area contributed by atoms with Crippen molar-refractivity contribution in [1.82, 2.24) is 25.2 Å². The van der Waals surface area contributed by atoms with Crippen molar-refractivity contribution in [3.8, 4) is 22.7 Å².